The predicted molar refractivity (Wildman–Crippen MR) is 60.0 cm³/mol. The molecule has 0 aliphatic carbocycles. The third-order valence-corrected chi connectivity index (χ3v) is 2.92. The molecule has 2 unspecified atom stereocenters. The van der Waals surface area contributed by atoms with E-state index in [9.17, 15) is 4.39 Å². The molecule has 0 radical (unpaired) electrons. The van der Waals surface area contributed by atoms with Gasteiger partial charge in [-0.15, -0.1) is 0 Å². The Labute approximate surface area is 90.9 Å². The Bertz CT molecular complexity index is 301. The summed E-state index contributed by atoms with van der Waals surface area (Å²) in [5, 5.41) is 3.29. The molecule has 1 N–H and O–H groups in total. The molecule has 1 heterocycles. The van der Waals surface area contributed by atoms with Gasteiger partial charge in [-0.05, 0) is 25.0 Å². The number of aromatic nitrogens is 1. The molecule has 0 aliphatic heterocycles. The first-order valence-electron chi connectivity index (χ1n) is 5.48. The monoisotopic (exact) mass is 210 g/mol. The van der Waals surface area contributed by atoms with Crippen LogP contribution in [-0.2, 0) is 6.54 Å². The van der Waals surface area contributed by atoms with Crippen LogP contribution in [0.15, 0.2) is 18.3 Å². The summed E-state index contributed by atoms with van der Waals surface area (Å²) in [6, 6.07) is 3.44. The quantitative estimate of drug-likeness (QED) is 0.808. The summed E-state index contributed by atoms with van der Waals surface area (Å²) in [6.07, 6.45) is 2.74. The molecule has 1 aromatic rings. The topological polar surface area (TPSA) is 24.9 Å². The third-order valence-electron chi connectivity index (χ3n) is 2.92. The molecular formula is C12H19FN2. The van der Waals surface area contributed by atoms with Gasteiger partial charge in [-0.25, -0.2) is 4.39 Å². The number of rotatable bonds is 5. The number of pyridine rings is 1. The van der Waals surface area contributed by atoms with Gasteiger partial charge < -0.3 is 5.32 Å². The van der Waals surface area contributed by atoms with Gasteiger partial charge in [0.25, 0.3) is 0 Å². The summed E-state index contributed by atoms with van der Waals surface area (Å²) in [7, 11) is 0. The molecule has 0 aromatic carbocycles. The maximum Gasteiger partial charge on any atom is 0.146 e. The van der Waals surface area contributed by atoms with E-state index in [0.29, 0.717) is 24.2 Å². The normalized spacial score (nSPS) is 14.9. The van der Waals surface area contributed by atoms with Crippen LogP contribution >= 0.6 is 0 Å². The minimum absolute atomic E-state index is 0.235. The summed E-state index contributed by atoms with van der Waals surface area (Å²) in [5.41, 5.74) is 0.493. The number of nitrogens with one attached hydrogen (secondary N) is 1. The van der Waals surface area contributed by atoms with Crippen molar-refractivity contribution in [2.45, 2.75) is 39.8 Å². The van der Waals surface area contributed by atoms with E-state index < -0.39 is 0 Å². The molecule has 0 amide bonds. The Morgan fingerprint density at radius 2 is 2.20 bits per heavy atom. The lowest BCUT2D eigenvalue weighted by Crippen LogP contribution is -2.31. The van der Waals surface area contributed by atoms with Crippen molar-refractivity contribution in [1.82, 2.24) is 10.3 Å². The van der Waals surface area contributed by atoms with Crippen molar-refractivity contribution in [3.8, 4) is 0 Å². The fourth-order valence-electron chi connectivity index (χ4n) is 1.36. The Balaban J connectivity index is 2.47. The lowest BCUT2D eigenvalue weighted by molar-refractivity contribution is 0.384. The second-order valence-corrected chi connectivity index (χ2v) is 3.99. The third kappa shape index (κ3) is 3.59. The van der Waals surface area contributed by atoms with Gasteiger partial charge in [0.2, 0.25) is 0 Å². The molecule has 84 valence electrons. The second kappa shape index (κ2) is 5.81. The van der Waals surface area contributed by atoms with Gasteiger partial charge >= 0.3 is 0 Å². The van der Waals surface area contributed by atoms with Crippen LogP contribution < -0.4 is 5.32 Å². The minimum atomic E-state index is -0.235. The van der Waals surface area contributed by atoms with E-state index in [-0.39, 0.29) is 5.82 Å². The van der Waals surface area contributed by atoms with Crippen LogP contribution in [0.2, 0.25) is 0 Å². The van der Waals surface area contributed by atoms with E-state index >= 15 is 0 Å². The smallest absolute Gasteiger partial charge is 0.146 e. The largest absolute Gasteiger partial charge is 0.308 e. The lowest BCUT2D eigenvalue weighted by Gasteiger charge is -2.19. The lowest BCUT2D eigenvalue weighted by atomic mass is 10.0. The maximum atomic E-state index is 13.2. The second-order valence-electron chi connectivity index (χ2n) is 3.99. The highest BCUT2D eigenvalue weighted by Crippen LogP contribution is 2.08. The van der Waals surface area contributed by atoms with Crippen LogP contribution in [0.5, 0.6) is 0 Å². The van der Waals surface area contributed by atoms with Crippen LogP contribution in [-0.4, -0.2) is 11.0 Å². The number of halogens is 1. The predicted octanol–water partition coefficient (Wildman–Crippen LogP) is 2.74. The van der Waals surface area contributed by atoms with Crippen molar-refractivity contribution < 1.29 is 4.39 Å². The average molecular weight is 210 g/mol. The fraction of sp³-hybridized carbons (Fsp3) is 0.583. The average Bonchev–Trinajstić information content (AvgIpc) is 2.26. The van der Waals surface area contributed by atoms with Crippen molar-refractivity contribution in [2.75, 3.05) is 0 Å². The van der Waals surface area contributed by atoms with Gasteiger partial charge in [0, 0.05) is 18.8 Å². The first-order valence-corrected chi connectivity index (χ1v) is 5.48. The van der Waals surface area contributed by atoms with Crippen LogP contribution in [0.3, 0.4) is 0 Å². The van der Waals surface area contributed by atoms with Gasteiger partial charge in [-0.1, -0.05) is 20.3 Å². The first-order chi connectivity index (χ1) is 7.15. The highest BCUT2D eigenvalue weighted by Gasteiger charge is 2.10. The minimum Gasteiger partial charge on any atom is -0.308 e. The number of hydrogen-bond acceptors (Lipinski definition) is 2. The molecule has 1 aromatic heterocycles. The summed E-state index contributed by atoms with van der Waals surface area (Å²) >= 11 is 0. The summed E-state index contributed by atoms with van der Waals surface area (Å²) in [4.78, 5) is 4.00. The van der Waals surface area contributed by atoms with Crippen LogP contribution in [0.25, 0.3) is 0 Å². The van der Waals surface area contributed by atoms with E-state index in [0.717, 1.165) is 6.42 Å². The van der Waals surface area contributed by atoms with Crippen molar-refractivity contribution >= 4 is 0 Å². The van der Waals surface area contributed by atoms with Crippen LogP contribution in [0, 0.1) is 11.7 Å². The van der Waals surface area contributed by atoms with Crippen molar-refractivity contribution in [2.24, 2.45) is 5.92 Å². The highest BCUT2D eigenvalue weighted by atomic mass is 19.1. The SMILES string of the molecule is CCC(C)C(C)NCc1ncccc1F. The zero-order chi connectivity index (χ0) is 11.3. The van der Waals surface area contributed by atoms with E-state index in [4.69, 9.17) is 0 Å². The zero-order valence-electron chi connectivity index (χ0n) is 9.63. The van der Waals surface area contributed by atoms with Gasteiger partial charge in [0.15, 0.2) is 0 Å². The molecule has 15 heavy (non-hydrogen) atoms. The first kappa shape index (κ1) is 12.1. The van der Waals surface area contributed by atoms with Gasteiger partial charge in [-0.3, -0.25) is 4.98 Å². The molecule has 0 fully saturated rings. The molecule has 0 bridgehead atoms. The Morgan fingerprint density at radius 3 is 2.80 bits per heavy atom. The molecule has 2 atom stereocenters. The van der Waals surface area contributed by atoms with E-state index in [2.05, 4.69) is 31.1 Å². The Morgan fingerprint density at radius 1 is 1.47 bits per heavy atom. The molecule has 0 aliphatic rings. The molecule has 3 heteroatoms. The highest BCUT2D eigenvalue weighted by molar-refractivity contribution is 5.06. The van der Waals surface area contributed by atoms with E-state index in [1.165, 1.54) is 6.07 Å². The molecule has 0 saturated heterocycles. The Hall–Kier alpha value is -0.960. The number of nitrogens with zero attached hydrogens (tertiary/aromatic N) is 1. The van der Waals surface area contributed by atoms with Crippen molar-refractivity contribution in [3.63, 3.8) is 0 Å². The standard InChI is InChI=1S/C12H19FN2/c1-4-9(2)10(3)15-8-12-11(13)6-5-7-14-12/h5-7,9-10,15H,4,8H2,1-3H3. The summed E-state index contributed by atoms with van der Waals surface area (Å²) in [6.45, 7) is 6.96. The fourth-order valence-corrected chi connectivity index (χ4v) is 1.36. The van der Waals surface area contributed by atoms with Gasteiger partial charge in [0.05, 0.1) is 5.69 Å². The number of hydrogen-bond donors (Lipinski definition) is 1. The Kier molecular flexibility index (Phi) is 4.69. The maximum absolute atomic E-state index is 13.2. The molecule has 0 spiro atoms. The zero-order valence-corrected chi connectivity index (χ0v) is 9.63. The molecule has 2 nitrogen and oxygen atoms in total. The molecular weight excluding hydrogens is 191 g/mol. The van der Waals surface area contributed by atoms with E-state index in [1.54, 1.807) is 12.3 Å². The van der Waals surface area contributed by atoms with Gasteiger partial charge in [-0.2, -0.15) is 0 Å². The molecule has 0 saturated carbocycles. The van der Waals surface area contributed by atoms with Crippen molar-refractivity contribution in [1.29, 1.82) is 0 Å². The van der Waals surface area contributed by atoms with Crippen molar-refractivity contribution in [3.05, 3.63) is 29.8 Å². The van der Waals surface area contributed by atoms with Crippen LogP contribution in [0.4, 0.5) is 4.39 Å². The van der Waals surface area contributed by atoms with Crippen LogP contribution in [0.1, 0.15) is 32.9 Å². The van der Waals surface area contributed by atoms with E-state index in [1.807, 2.05) is 0 Å². The summed E-state index contributed by atoms with van der Waals surface area (Å²) in [5.74, 6) is 0.359. The summed E-state index contributed by atoms with van der Waals surface area (Å²) < 4.78 is 13.2. The molecule has 1 rings (SSSR count). The van der Waals surface area contributed by atoms with Gasteiger partial charge in [0.1, 0.15) is 5.82 Å².